The van der Waals surface area contributed by atoms with Crippen molar-refractivity contribution in [3.8, 4) is 78.3 Å². The lowest BCUT2D eigenvalue weighted by atomic mass is 9.84. The zero-order chi connectivity index (χ0) is 63.8. The molecule has 0 fully saturated rings. The van der Waals surface area contributed by atoms with Crippen molar-refractivity contribution in [3.63, 3.8) is 0 Å². The number of nitrogens with zero attached hydrogens (tertiary/aromatic N) is 3. The summed E-state index contributed by atoms with van der Waals surface area (Å²) in [7, 11) is 0. The molecule has 82 heavy (non-hydrogen) atoms. The molecule has 0 N–H and O–H groups in total. The van der Waals surface area contributed by atoms with Crippen molar-refractivity contribution >= 4 is 55.4 Å². The summed E-state index contributed by atoms with van der Waals surface area (Å²) >= 11 is 0. The van der Waals surface area contributed by atoms with E-state index in [-0.39, 0.29) is 33.9 Å². The Morgan fingerprint density at radius 1 is 0.488 bits per heavy atom. The third-order valence-corrected chi connectivity index (χ3v) is 16.2. The number of pyridine rings is 1. The van der Waals surface area contributed by atoms with Crippen LogP contribution in [0.1, 0.15) is 55.4 Å². The van der Waals surface area contributed by atoms with Crippen LogP contribution in [0.4, 0.5) is 5.69 Å². The van der Waals surface area contributed by atoms with E-state index < -0.39 is 60.4 Å². The average molecular weight is 1060 g/mol. The summed E-state index contributed by atoms with van der Waals surface area (Å²) in [5, 5.41) is 5.47. The lowest BCUT2D eigenvalue weighted by molar-refractivity contribution is 0.482. The number of benzene rings is 11. The zero-order valence-corrected chi connectivity index (χ0v) is 45.4. The fourth-order valence-electron chi connectivity index (χ4n) is 12.3. The number of hydrogen-bond acceptors (Lipinski definition) is 3. The van der Waals surface area contributed by atoms with E-state index in [0.29, 0.717) is 23.4 Å². The Labute approximate surface area is 493 Å². The first kappa shape index (κ1) is 40.1. The van der Waals surface area contributed by atoms with Crippen molar-refractivity contribution in [3.05, 3.63) is 289 Å². The highest BCUT2D eigenvalue weighted by molar-refractivity contribution is 6.20. The van der Waals surface area contributed by atoms with E-state index in [1.807, 2.05) is 84.4 Å². The summed E-state index contributed by atoms with van der Waals surface area (Å²) in [5.41, 5.74) is 14.3. The predicted molar refractivity (Wildman–Crippen MR) is 345 cm³/mol. The molecule has 0 spiro atoms. The number of aryl methyl sites for hydroxylation is 1. The van der Waals surface area contributed by atoms with E-state index in [0.717, 1.165) is 111 Å². The number of hydrogen-bond donors (Lipinski definition) is 0. The third kappa shape index (κ3) is 8.99. The Morgan fingerprint density at radius 2 is 0.976 bits per heavy atom. The van der Waals surface area contributed by atoms with Crippen LogP contribution in [0.2, 0.25) is 0 Å². The molecule has 4 heteroatoms. The Bertz CT molecular complexity index is 5200. The summed E-state index contributed by atoms with van der Waals surface area (Å²) in [6.07, 6.45) is 4.99. The smallest absolute Gasteiger partial charge is 0.129 e. The average Bonchev–Trinajstić information content (AvgIpc) is 1.37. The molecule has 4 nitrogen and oxygen atoms in total. The molecule has 0 aliphatic heterocycles. The Morgan fingerprint density at radius 3 is 1.61 bits per heavy atom. The zero-order valence-electron chi connectivity index (χ0n) is 55.4. The largest absolute Gasteiger partial charge is 0.457 e. The first-order chi connectivity index (χ1) is 44.6. The number of ether oxygens (including phenoxy) is 1. The molecule has 1 unspecified atom stereocenters. The molecule has 14 rings (SSSR count). The normalized spacial score (nSPS) is 14.6. The lowest BCUT2D eigenvalue weighted by Gasteiger charge is -2.22. The van der Waals surface area contributed by atoms with Gasteiger partial charge >= 0.3 is 0 Å². The molecular weight excluding hydrogens is 995 g/mol. The molecule has 392 valence electrons. The van der Waals surface area contributed by atoms with E-state index in [1.54, 1.807) is 24.5 Å². The van der Waals surface area contributed by atoms with Crippen LogP contribution in [0.5, 0.6) is 11.5 Å². The number of aromatic nitrogens is 2. The summed E-state index contributed by atoms with van der Waals surface area (Å²) in [4.78, 5) is 10.5. The molecule has 2 bridgehead atoms. The summed E-state index contributed by atoms with van der Waals surface area (Å²) in [6.45, 7) is 6.46. The second kappa shape index (κ2) is 21.5. The molecular formula is C78H59N3O. The van der Waals surface area contributed by atoms with Gasteiger partial charge in [0, 0.05) is 45.6 Å². The molecule has 0 saturated heterocycles. The van der Waals surface area contributed by atoms with Gasteiger partial charge in [-0.3, -0.25) is 9.55 Å². The number of rotatable bonds is 7. The molecule has 13 aromatic rings. The van der Waals surface area contributed by atoms with Crippen LogP contribution in [0.25, 0.3) is 110 Å². The highest BCUT2D eigenvalue weighted by Crippen LogP contribution is 2.46. The Balaban J connectivity index is 1.03. The van der Waals surface area contributed by atoms with E-state index in [2.05, 4.69) is 129 Å². The van der Waals surface area contributed by atoms with Gasteiger partial charge in [-0.25, -0.2) is 4.99 Å². The van der Waals surface area contributed by atoms with Gasteiger partial charge in [-0.2, -0.15) is 0 Å². The molecule has 1 aliphatic carbocycles. The van der Waals surface area contributed by atoms with Crippen molar-refractivity contribution in [1.29, 1.82) is 0 Å². The fourth-order valence-corrected chi connectivity index (χ4v) is 12.3. The minimum Gasteiger partial charge on any atom is -0.457 e. The van der Waals surface area contributed by atoms with Gasteiger partial charge in [0.15, 0.2) is 0 Å². The van der Waals surface area contributed by atoms with Crippen molar-refractivity contribution < 1.29 is 18.4 Å². The van der Waals surface area contributed by atoms with Crippen LogP contribution in [0.3, 0.4) is 0 Å². The molecule has 0 amide bonds. The fraction of sp³-hybridized carbons (Fsp3) is 0.0769. The van der Waals surface area contributed by atoms with Gasteiger partial charge in [0.05, 0.1) is 36.1 Å². The Hall–Kier alpha value is -10.2. The summed E-state index contributed by atoms with van der Waals surface area (Å²) in [5.74, 6) is 1.12. The topological polar surface area (TPSA) is 39.4 Å². The maximum Gasteiger partial charge on any atom is 0.129 e. The standard InChI is InChI=1S/C78H59N3O/c1-4-53-47-56-48-57(42-44-61(56)59-36-20-37-60(52(59)3)64-28-11-12-29-65(64)67-31-14-17-34-70(67)73-41-22-46-79-76(53)73)82-58-43-45-72-69-33-16-13-30-66(69)68-32-15-18-35-71(68)74-40-19-23-51(2)78(74)81(75(72)49-58)50-80-77-62(54-24-7-5-8-25-54)38-21-39-63(77)55-26-9-6-10-27-55/h5-46,48-50,53H,4,47H2,1-3H3/i5D,6D,7D,8D,9D,10D,24D,25D,26D,27D. The maximum absolute atomic E-state index is 9.24. The third-order valence-electron chi connectivity index (χ3n) is 16.2. The van der Waals surface area contributed by atoms with Gasteiger partial charge in [0.2, 0.25) is 0 Å². The van der Waals surface area contributed by atoms with E-state index in [9.17, 15) is 5.48 Å². The van der Waals surface area contributed by atoms with E-state index in [4.69, 9.17) is 22.9 Å². The van der Waals surface area contributed by atoms with Crippen molar-refractivity contribution in [1.82, 2.24) is 9.55 Å². The second-order valence-corrected chi connectivity index (χ2v) is 20.8. The van der Waals surface area contributed by atoms with Gasteiger partial charge in [0.1, 0.15) is 17.8 Å². The quantitative estimate of drug-likeness (QED) is 0.118. The van der Waals surface area contributed by atoms with Gasteiger partial charge in [-0.05, 0) is 145 Å². The summed E-state index contributed by atoms with van der Waals surface area (Å²) in [6, 6.07) is 62.3. The predicted octanol–water partition coefficient (Wildman–Crippen LogP) is 21.3. The molecule has 2 heterocycles. The molecule has 2 aromatic heterocycles. The van der Waals surface area contributed by atoms with Gasteiger partial charge in [-0.1, -0.05) is 231 Å². The SMILES string of the molecule is [2H]c1c([2H])c([2H])c(-c2cccc(-c3c([2H])c([2H])c([2H])c([2H])c3[2H])c2N=Cn2c3cc(Oc4ccc5c(c4)CC(CC)c4ncccc4-c4ccccc4-c4ccccc4-c4cccc-5c4C)ccc3c3ccccc3c3ccccc3c3cccc(C)c32)c([2H])c1[2H]. The van der Waals surface area contributed by atoms with Crippen LogP contribution in [0.15, 0.2) is 272 Å². The molecule has 1 atom stereocenters. The van der Waals surface area contributed by atoms with Crippen molar-refractivity contribution in [2.45, 2.75) is 39.5 Å². The first-order valence-corrected chi connectivity index (χ1v) is 27.7. The summed E-state index contributed by atoms with van der Waals surface area (Å²) < 4.78 is 98.3. The van der Waals surface area contributed by atoms with Gasteiger partial charge in [0.25, 0.3) is 0 Å². The molecule has 0 radical (unpaired) electrons. The maximum atomic E-state index is 9.24. The van der Waals surface area contributed by atoms with Crippen molar-refractivity contribution in [2.75, 3.05) is 0 Å². The second-order valence-electron chi connectivity index (χ2n) is 20.8. The number of aliphatic imine (C=N–C) groups is 1. The first-order valence-electron chi connectivity index (χ1n) is 32.7. The molecule has 0 saturated carbocycles. The minimum absolute atomic E-state index is 0.000880. The molecule has 1 aliphatic rings. The van der Waals surface area contributed by atoms with Crippen LogP contribution in [-0.4, -0.2) is 15.9 Å². The minimum atomic E-state index is -0.584. The van der Waals surface area contributed by atoms with E-state index >= 15 is 0 Å². The van der Waals surface area contributed by atoms with Crippen molar-refractivity contribution in [2.24, 2.45) is 4.99 Å². The lowest BCUT2D eigenvalue weighted by Crippen LogP contribution is -2.08. The Kier molecular flexibility index (Phi) is 10.5. The number of fused-ring (bicyclic) bond motifs is 17. The van der Waals surface area contributed by atoms with Gasteiger partial charge in [-0.15, -0.1) is 0 Å². The van der Waals surface area contributed by atoms with E-state index in [1.165, 1.54) is 0 Å². The van der Waals surface area contributed by atoms with Crippen LogP contribution >= 0.6 is 0 Å². The molecule has 11 aromatic carbocycles. The number of para-hydroxylation sites is 2. The van der Waals surface area contributed by atoms with Crippen LogP contribution in [-0.2, 0) is 6.42 Å². The van der Waals surface area contributed by atoms with Gasteiger partial charge < -0.3 is 4.74 Å². The van der Waals surface area contributed by atoms with Crippen LogP contribution < -0.4 is 4.74 Å². The highest BCUT2D eigenvalue weighted by Gasteiger charge is 2.25. The van der Waals surface area contributed by atoms with Crippen LogP contribution in [0, 0.1) is 13.8 Å². The monoisotopic (exact) mass is 1060 g/mol. The highest BCUT2D eigenvalue weighted by atomic mass is 16.5.